The van der Waals surface area contributed by atoms with Gasteiger partial charge in [0, 0.05) is 6.92 Å². The van der Waals surface area contributed by atoms with Crippen LogP contribution >= 0.6 is 0 Å². The van der Waals surface area contributed by atoms with Crippen molar-refractivity contribution < 1.29 is 23.8 Å². The smallest absolute Gasteiger partial charge is 0.332 e. The third kappa shape index (κ3) is 3.14. The Morgan fingerprint density at radius 2 is 1.59 bits per heavy atom. The number of carbonyl (C=O) groups excluding carboxylic acids is 2. The summed E-state index contributed by atoms with van der Waals surface area (Å²) in [6.45, 7) is 3.80. The summed E-state index contributed by atoms with van der Waals surface area (Å²) in [5.74, 6) is 2.12. The van der Waals surface area contributed by atoms with Gasteiger partial charge in [-0.05, 0) is 62.7 Å². The summed E-state index contributed by atoms with van der Waals surface area (Å²) in [7, 11) is 0. The molecule has 5 heteroatoms. The van der Waals surface area contributed by atoms with E-state index in [9.17, 15) is 9.59 Å². The van der Waals surface area contributed by atoms with Gasteiger partial charge in [-0.3, -0.25) is 4.79 Å². The van der Waals surface area contributed by atoms with Crippen LogP contribution in [0.25, 0.3) is 0 Å². The van der Waals surface area contributed by atoms with Crippen LogP contribution in [0.5, 0.6) is 0 Å². The normalized spacial score (nSPS) is 38.8. The maximum atomic E-state index is 12.1. The van der Waals surface area contributed by atoms with Crippen LogP contribution < -0.4 is 0 Å². The first-order valence-corrected chi connectivity index (χ1v) is 8.40. The van der Waals surface area contributed by atoms with Crippen LogP contribution in [0, 0.1) is 23.7 Å². The molecule has 0 unspecified atom stereocenters. The average molecular weight is 310 g/mol. The van der Waals surface area contributed by atoms with Crippen LogP contribution in [0.4, 0.5) is 0 Å². The molecule has 124 valence electrons. The predicted molar refractivity (Wildman–Crippen MR) is 79.0 cm³/mol. The molecule has 0 heterocycles. The molecule has 4 aliphatic carbocycles. The van der Waals surface area contributed by atoms with Gasteiger partial charge in [0.05, 0.1) is 6.61 Å². The lowest BCUT2D eigenvalue weighted by Crippen LogP contribution is -2.58. The quantitative estimate of drug-likeness (QED) is 0.556. The molecule has 4 aliphatic rings. The molecule has 0 radical (unpaired) electrons. The summed E-state index contributed by atoms with van der Waals surface area (Å²) >= 11 is 0. The second-order valence-electron chi connectivity index (χ2n) is 7.35. The van der Waals surface area contributed by atoms with E-state index in [1.807, 2.05) is 0 Å². The monoisotopic (exact) mass is 310 g/mol. The fourth-order valence-electron chi connectivity index (χ4n) is 4.96. The van der Waals surface area contributed by atoms with E-state index in [2.05, 4.69) is 6.92 Å². The molecule has 0 spiro atoms. The molecule has 4 rings (SSSR count). The molecule has 0 aromatic rings. The number of hydrogen-bond donors (Lipinski definition) is 0. The van der Waals surface area contributed by atoms with Crippen molar-refractivity contribution >= 4 is 11.9 Å². The van der Waals surface area contributed by atoms with Gasteiger partial charge in [0.2, 0.25) is 0 Å². The number of rotatable bonds is 6. The first-order chi connectivity index (χ1) is 10.5. The Morgan fingerprint density at radius 3 is 2.14 bits per heavy atom. The van der Waals surface area contributed by atoms with Crippen molar-refractivity contribution in [1.82, 2.24) is 0 Å². The van der Waals surface area contributed by atoms with E-state index < -0.39 is 0 Å². The molecule has 0 N–H and O–H groups in total. The largest absolute Gasteiger partial charge is 0.463 e. The van der Waals surface area contributed by atoms with E-state index in [1.165, 1.54) is 39.0 Å². The lowest BCUT2D eigenvalue weighted by Gasteiger charge is -2.59. The van der Waals surface area contributed by atoms with Crippen molar-refractivity contribution in [2.45, 2.75) is 51.6 Å². The molecular formula is C17H26O5. The SMILES string of the molecule is CC(=O)OCCOCC(=O)OC1(C)C2CC3CC(C2)CC1C3. The van der Waals surface area contributed by atoms with Gasteiger partial charge in [0.15, 0.2) is 0 Å². The molecule has 0 saturated heterocycles. The minimum Gasteiger partial charge on any atom is -0.463 e. The second-order valence-corrected chi connectivity index (χ2v) is 7.35. The van der Waals surface area contributed by atoms with Gasteiger partial charge in [0.25, 0.3) is 0 Å². The maximum absolute atomic E-state index is 12.1. The Hall–Kier alpha value is -1.10. The third-order valence-electron chi connectivity index (χ3n) is 5.85. The fraction of sp³-hybridized carbons (Fsp3) is 0.882. The molecule has 0 aromatic heterocycles. The van der Waals surface area contributed by atoms with Gasteiger partial charge in [-0.15, -0.1) is 0 Å². The Kier molecular flexibility index (Phi) is 4.44. The summed E-state index contributed by atoms with van der Waals surface area (Å²) in [6, 6.07) is 0. The highest BCUT2D eigenvalue weighted by Gasteiger charge is 2.56. The van der Waals surface area contributed by atoms with Crippen LogP contribution in [0.2, 0.25) is 0 Å². The van der Waals surface area contributed by atoms with Crippen LogP contribution in [0.15, 0.2) is 0 Å². The van der Waals surface area contributed by atoms with Crippen LogP contribution in [0.1, 0.15) is 46.0 Å². The van der Waals surface area contributed by atoms with Gasteiger partial charge in [-0.25, -0.2) is 4.79 Å². The summed E-state index contributed by atoms with van der Waals surface area (Å²) in [5, 5.41) is 0. The van der Waals surface area contributed by atoms with Crippen LogP contribution in [0.3, 0.4) is 0 Å². The summed E-state index contributed by atoms with van der Waals surface area (Å²) in [5.41, 5.74) is -0.302. The minimum atomic E-state index is -0.340. The van der Waals surface area contributed by atoms with Crippen molar-refractivity contribution in [2.24, 2.45) is 23.7 Å². The topological polar surface area (TPSA) is 61.8 Å². The molecule has 0 atom stereocenters. The molecule has 4 bridgehead atoms. The summed E-state index contributed by atoms with van der Waals surface area (Å²) < 4.78 is 15.9. The highest BCUT2D eigenvalue weighted by atomic mass is 16.6. The number of carbonyl (C=O) groups is 2. The zero-order valence-electron chi connectivity index (χ0n) is 13.5. The van der Waals surface area contributed by atoms with Crippen molar-refractivity contribution in [1.29, 1.82) is 0 Å². The number of esters is 2. The highest BCUT2D eigenvalue weighted by Crippen LogP contribution is 2.59. The highest BCUT2D eigenvalue weighted by molar-refractivity contribution is 5.71. The molecule has 22 heavy (non-hydrogen) atoms. The van der Waals surface area contributed by atoms with E-state index >= 15 is 0 Å². The lowest BCUT2D eigenvalue weighted by molar-refractivity contribution is -0.206. The Morgan fingerprint density at radius 1 is 1.00 bits per heavy atom. The maximum Gasteiger partial charge on any atom is 0.332 e. The number of hydrogen-bond acceptors (Lipinski definition) is 5. The second kappa shape index (κ2) is 6.19. The van der Waals surface area contributed by atoms with Crippen LogP contribution in [-0.2, 0) is 23.8 Å². The Labute approximate surface area is 131 Å². The predicted octanol–water partition coefficient (Wildman–Crippen LogP) is 2.32. The molecule has 4 fully saturated rings. The Bertz CT molecular complexity index is 416. The van der Waals surface area contributed by atoms with Crippen LogP contribution in [-0.4, -0.2) is 37.4 Å². The third-order valence-corrected chi connectivity index (χ3v) is 5.85. The minimum absolute atomic E-state index is 0.0663. The van der Waals surface area contributed by atoms with Gasteiger partial charge in [-0.1, -0.05) is 0 Å². The first-order valence-electron chi connectivity index (χ1n) is 8.40. The Balaban J connectivity index is 1.46. The summed E-state index contributed by atoms with van der Waals surface area (Å²) in [4.78, 5) is 22.7. The lowest BCUT2D eigenvalue weighted by atomic mass is 9.50. The first kappa shape index (κ1) is 15.8. The van der Waals surface area contributed by atoms with Crippen molar-refractivity contribution in [3.8, 4) is 0 Å². The summed E-state index contributed by atoms with van der Waals surface area (Å²) in [6.07, 6.45) is 6.23. The van der Waals surface area contributed by atoms with E-state index in [1.54, 1.807) is 0 Å². The molecule has 0 aliphatic heterocycles. The molecular weight excluding hydrogens is 284 g/mol. The van der Waals surface area contributed by atoms with Crippen molar-refractivity contribution in [2.75, 3.05) is 19.8 Å². The van der Waals surface area contributed by atoms with Gasteiger partial charge in [-0.2, -0.15) is 0 Å². The van der Waals surface area contributed by atoms with E-state index in [-0.39, 0.29) is 37.4 Å². The average Bonchev–Trinajstić information content (AvgIpc) is 2.43. The van der Waals surface area contributed by atoms with Crippen molar-refractivity contribution in [3.05, 3.63) is 0 Å². The number of ether oxygens (including phenoxy) is 3. The molecule has 5 nitrogen and oxygen atoms in total. The van der Waals surface area contributed by atoms with E-state index in [0.717, 1.165) is 11.8 Å². The zero-order chi connectivity index (χ0) is 15.7. The van der Waals surface area contributed by atoms with Gasteiger partial charge < -0.3 is 14.2 Å². The fourth-order valence-corrected chi connectivity index (χ4v) is 4.96. The van der Waals surface area contributed by atoms with Gasteiger partial charge in [0.1, 0.15) is 18.8 Å². The van der Waals surface area contributed by atoms with E-state index in [0.29, 0.717) is 11.8 Å². The molecule has 0 aromatic carbocycles. The van der Waals surface area contributed by atoms with Gasteiger partial charge >= 0.3 is 11.9 Å². The zero-order valence-corrected chi connectivity index (χ0v) is 13.5. The standard InChI is InChI=1S/C17H26O5/c1-11(18)21-4-3-20-10-16(19)22-17(2)14-6-12-5-13(8-14)9-15(17)7-12/h12-15H,3-10H2,1-2H3. The molecule has 4 saturated carbocycles. The van der Waals surface area contributed by atoms with E-state index in [4.69, 9.17) is 14.2 Å². The molecule has 0 amide bonds. The van der Waals surface area contributed by atoms with Crippen molar-refractivity contribution in [3.63, 3.8) is 0 Å².